The summed E-state index contributed by atoms with van der Waals surface area (Å²) in [5.74, 6) is -0.946. The van der Waals surface area contributed by atoms with Gasteiger partial charge in [-0.25, -0.2) is 4.39 Å². The number of hydrogen-bond donors (Lipinski definition) is 2. The second kappa shape index (κ2) is 8.57. The number of hydrogen-bond acceptors (Lipinski definition) is 5. The van der Waals surface area contributed by atoms with E-state index in [2.05, 4.69) is 5.32 Å². The van der Waals surface area contributed by atoms with Crippen molar-refractivity contribution < 1.29 is 18.7 Å². The number of ether oxygens (including phenoxy) is 2. The number of carbonyl (C=O) groups is 1. The second-order valence-corrected chi connectivity index (χ2v) is 5.78. The molecule has 0 atom stereocenters. The summed E-state index contributed by atoms with van der Waals surface area (Å²) in [5.41, 5.74) is 1.13. The van der Waals surface area contributed by atoms with E-state index < -0.39 is 11.7 Å². The van der Waals surface area contributed by atoms with Crippen LogP contribution in [0.2, 0.25) is 0 Å². The zero-order valence-electron chi connectivity index (χ0n) is 13.8. The first-order chi connectivity index (χ1) is 12.0. The normalized spacial score (nSPS) is 10.2. The van der Waals surface area contributed by atoms with Crippen molar-refractivity contribution in [3.8, 4) is 11.5 Å². The molecule has 2 radical (unpaired) electrons. The maximum Gasteiger partial charge on any atom is 0.261 e. The number of nitrogens with one attached hydrogen (secondary N) is 2. The Morgan fingerprint density at radius 3 is 2.80 bits per heavy atom. The lowest BCUT2D eigenvalue weighted by atomic mass is 9.94. The van der Waals surface area contributed by atoms with Gasteiger partial charge in [-0.2, -0.15) is 0 Å². The van der Waals surface area contributed by atoms with E-state index in [4.69, 9.17) is 22.7 Å². The van der Waals surface area contributed by atoms with Gasteiger partial charge in [0.25, 0.3) is 5.91 Å². The van der Waals surface area contributed by atoms with Crippen molar-refractivity contribution in [2.24, 2.45) is 0 Å². The van der Waals surface area contributed by atoms with Crippen molar-refractivity contribution in [1.29, 1.82) is 5.41 Å². The van der Waals surface area contributed by atoms with Crippen molar-refractivity contribution in [2.75, 3.05) is 13.4 Å². The lowest BCUT2D eigenvalue weighted by Gasteiger charge is -2.14. The fraction of sp³-hybridized carbons (Fsp3) is 0.176. The molecule has 0 aliphatic carbocycles. The van der Waals surface area contributed by atoms with Gasteiger partial charge in [0.05, 0.1) is 12.7 Å². The maximum absolute atomic E-state index is 14.2. The van der Waals surface area contributed by atoms with Crippen LogP contribution in [0.3, 0.4) is 0 Å². The number of amides is 1. The Hall–Kier alpha value is -2.48. The van der Waals surface area contributed by atoms with E-state index in [-0.39, 0.29) is 23.1 Å². The fourth-order valence-corrected chi connectivity index (χ4v) is 2.31. The summed E-state index contributed by atoms with van der Waals surface area (Å²) in [4.78, 5) is 12.2. The van der Waals surface area contributed by atoms with E-state index in [1.807, 2.05) is 0 Å². The van der Waals surface area contributed by atoms with E-state index in [0.29, 0.717) is 16.8 Å². The lowest BCUT2D eigenvalue weighted by Crippen LogP contribution is -2.28. The Labute approximate surface area is 150 Å². The SMILES string of the molecule is [B]c1ccc(OC)c(COc2c(F)cccc2C(=O)NC(=N)SC)c1. The van der Waals surface area contributed by atoms with Gasteiger partial charge in [-0.3, -0.25) is 10.2 Å². The first-order valence-electron chi connectivity index (χ1n) is 7.23. The highest BCUT2D eigenvalue weighted by Gasteiger charge is 2.18. The summed E-state index contributed by atoms with van der Waals surface area (Å²) in [6.45, 7) is -0.0323. The number of rotatable bonds is 5. The Morgan fingerprint density at radius 2 is 2.12 bits per heavy atom. The van der Waals surface area contributed by atoms with Crippen LogP contribution in [0, 0.1) is 11.2 Å². The third kappa shape index (κ3) is 4.76. The number of amidine groups is 1. The molecule has 25 heavy (non-hydrogen) atoms. The van der Waals surface area contributed by atoms with Crippen molar-refractivity contribution in [2.45, 2.75) is 6.61 Å². The van der Waals surface area contributed by atoms with Crippen LogP contribution in [0.4, 0.5) is 4.39 Å². The first kappa shape index (κ1) is 18.9. The number of halogens is 1. The highest BCUT2D eigenvalue weighted by Crippen LogP contribution is 2.25. The predicted octanol–water partition coefficient (Wildman–Crippen LogP) is 2.23. The van der Waals surface area contributed by atoms with E-state index in [9.17, 15) is 9.18 Å². The summed E-state index contributed by atoms with van der Waals surface area (Å²) in [6, 6.07) is 9.05. The molecule has 0 fully saturated rings. The fourth-order valence-electron chi connectivity index (χ4n) is 2.12. The van der Waals surface area contributed by atoms with Gasteiger partial charge in [-0.05, 0) is 24.5 Å². The highest BCUT2D eigenvalue weighted by molar-refractivity contribution is 8.13. The first-order valence-corrected chi connectivity index (χ1v) is 8.46. The van der Waals surface area contributed by atoms with Crippen molar-refractivity contribution >= 4 is 36.1 Å². The summed E-state index contributed by atoms with van der Waals surface area (Å²) in [7, 11) is 7.26. The Bertz CT molecular complexity index is 801. The minimum atomic E-state index is -0.675. The Morgan fingerprint density at radius 1 is 1.36 bits per heavy atom. The van der Waals surface area contributed by atoms with Crippen LogP contribution in [0.5, 0.6) is 11.5 Å². The van der Waals surface area contributed by atoms with Crippen LogP contribution in [0.1, 0.15) is 15.9 Å². The molecule has 128 valence electrons. The van der Waals surface area contributed by atoms with Crippen molar-refractivity contribution in [1.82, 2.24) is 5.32 Å². The minimum Gasteiger partial charge on any atom is -0.496 e. The molecule has 0 heterocycles. The van der Waals surface area contributed by atoms with Crippen LogP contribution in [-0.2, 0) is 6.61 Å². The van der Waals surface area contributed by atoms with E-state index in [1.54, 1.807) is 24.5 Å². The molecule has 5 nitrogen and oxygen atoms in total. The molecule has 8 heteroatoms. The molecule has 0 spiro atoms. The van der Waals surface area contributed by atoms with Gasteiger partial charge in [0, 0.05) is 5.56 Å². The predicted molar refractivity (Wildman–Crippen MR) is 97.8 cm³/mol. The summed E-state index contributed by atoms with van der Waals surface area (Å²) < 4.78 is 24.9. The molecule has 0 aromatic heterocycles. The largest absolute Gasteiger partial charge is 0.496 e. The second-order valence-electron chi connectivity index (χ2n) is 4.96. The average molecular weight is 358 g/mol. The van der Waals surface area contributed by atoms with Crippen molar-refractivity contribution in [3.63, 3.8) is 0 Å². The molecule has 0 saturated heterocycles. The lowest BCUT2D eigenvalue weighted by molar-refractivity contribution is 0.0972. The number of methoxy groups -OCH3 is 1. The summed E-state index contributed by atoms with van der Waals surface area (Å²) in [6.07, 6.45) is 1.65. The molecule has 0 bridgehead atoms. The van der Waals surface area contributed by atoms with Crippen LogP contribution in [-0.4, -0.2) is 32.3 Å². The Kier molecular flexibility index (Phi) is 6.47. The monoisotopic (exact) mass is 358 g/mol. The zero-order valence-corrected chi connectivity index (χ0v) is 14.6. The number of para-hydroxylation sites is 1. The molecule has 1 amide bonds. The van der Waals surface area contributed by atoms with Gasteiger partial charge in [0.15, 0.2) is 16.7 Å². The maximum atomic E-state index is 14.2. The van der Waals surface area contributed by atoms with Crippen LogP contribution >= 0.6 is 11.8 Å². The quantitative estimate of drug-likeness (QED) is 0.489. The minimum absolute atomic E-state index is 0.00155. The molecule has 2 N–H and O–H groups in total. The van der Waals surface area contributed by atoms with Crippen molar-refractivity contribution in [3.05, 3.63) is 53.3 Å². The van der Waals surface area contributed by atoms with Gasteiger partial charge < -0.3 is 14.8 Å². The van der Waals surface area contributed by atoms with E-state index >= 15 is 0 Å². The molecule has 2 rings (SSSR count). The smallest absolute Gasteiger partial charge is 0.261 e. The molecule has 2 aromatic rings. The molecule has 0 saturated carbocycles. The van der Waals surface area contributed by atoms with Gasteiger partial charge in [0.1, 0.15) is 20.2 Å². The van der Waals surface area contributed by atoms with Crippen LogP contribution in [0.15, 0.2) is 36.4 Å². The van der Waals surface area contributed by atoms with Gasteiger partial charge >= 0.3 is 0 Å². The molecule has 0 unspecified atom stereocenters. The molecule has 0 aliphatic heterocycles. The average Bonchev–Trinajstić information content (AvgIpc) is 2.60. The zero-order chi connectivity index (χ0) is 18.4. The van der Waals surface area contributed by atoms with E-state index in [1.165, 1.54) is 25.3 Å². The highest BCUT2D eigenvalue weighted by atomic mass is 32.2. The number of carbonyl (C=O) groups excluding carboxylic acids is 1. The van der Waals surface area contributed by atoms with Crippen LogP contribution in [0.25, 0.3) is 0 Å². The number of benzene rings is 2. The molecular weight excluding hydrogens is 342 g/mol. The molecule has 0 aliphatic rings. The third-order valence-corrected chi connectivity index (χ3v) is 3.83. The van der Waals surface area contributed by atoms with E-state index in [0.717, 1.165) is 11.8 Å². The molecule has 2 aromatic carbocycles. The van der Waals surface area contributed by atoms with Gasteiger partial charge in [-0.1, -0.05) is 35.4 Å². The topological polar surface area (TPSA) is 71.4 Å². The standard InChI is InChI=1S/C17H16BFN2O3S/c1-23-14-7-6-11(18)8-10(14)9-24-15-12(4-3-5-13(15)19)16(22)21-17(20)25-2/h3-8H,9H2,1-2H3,(H2,20,21,22). The Balaban J connectivity index is 2.26. The van der Waals surface area contributed by atoms with Gasteiger partial charge in [0.2, 0.25) is 0 Å². The third-order valence-electron chi connectivity index (χ3n) is 3.32. The summed E-state index contributed by atoms with van der Waals surface area (Å²) >= 11 is 1.06. The number of thioether (sulfide) groups is 1. The van der Waals surface area contributed by atoms with Crippen LogP contribution < -0.4 is 20.3 Å². The molecular formula is C17H16BFN2O3S. The van der Waals surface area contributed by atoms with Gasteiger partial charge in [-0.15, -0.1) is 0 Å². The summed E-state index contributed by atoms with van der Waals surface area (Å²) in [5, 5.41) is 9.84.